The SMILES string of the molecule is CCc1nnc(CN(CC)C(=O)c2ccc(CN3CCCCC3)cc2)o1. The number of nitrogens with zero attached hydrogens (tertiary/aromatic N) is 4. The van der Waals surface area contributed by atoms with Gasteiger partial charge in [0.2, 0.25) is 11.8 Å². The van der Waals surface area contributed by atoms with Gasteiger partial charge in [-0.05, 0) is 50.6 Å². The zero-order chi connectivity index (χ0) is 18.4. The smallest absolute Gasteiger partial charge is 0.254 e. The van der Waals surface area contributed by atoms with E-state index in [2.05, 4.69) is 27.2 Å². The highest BCUT2D eigenvalue weighted by Gasteiger charge is 2.18. The van der Waals surface area contributed by atoms with Crippen LogP contribution in [0.4, 0.5) is 0 Å². The summed E-state index contributed by atoms with van der Waals surface area (Å²) < 4.78 is 5.53. The van der Waals surface area contributed by atoms with Gasteiger partial charge in [0, 0.05) is 25.1 Å². The third-order valence-electron chi connectivity index (χ3n) is 4.86. The molecule has 0 unspecified atom stereocenters. The van der Waals surface area contributed by atoms with Gasteiger partial charge < -0.3 is 9.32 Å². The average molecular weight is 356 g/mol. The second-order valence-electron chi connectivity index (χ2n) is 6.80. The van der Waals surface area contributed by atoms with Gasteiger partial charge in [-0.3, -0.25) is 9.69 Å². The predicted molar refractivity (Wildman–Crippen MR) is 99.7 cm³/mol. The fourth-order valence-electron chi connectivity index (χ4n) is 3.30. The third kappa shape index (κ3) is 4.69. The summed E-state index contributed by atoms with van der Waals surface area (Å²) in [7, 11) is 0. The fourth-order valence-corrected chi connectivity index (χ4v) is 3.30. The maximum atomic E-state index is 12.8. The molecule has 1 aromatic heterocycles. The van der Waals surface area contributed by atoms with Crippen LogP contribution in [-0.2, 0) is 19.5 Å². The van der Waals surface area contributed by atoms with Crippen molar-refractivity contribution in [3.8, 4) is 0 Å². The molecule has 2 heterocycles. The molecule has 1 fully saturated rings. The van der Waals surface area contributed by atoms with Crippen LogP contribution in [0.1, 0.15) is 60.8 Å². The molecule has 0 radical (unpaired) electrons. The van der Waals surface area contributed by atoms with E-state index in [1.54, 1.807) is 4.90 Å². The Bertz CT molecular complexity index is 705. The standard InChI is InChI=1S/C20H28N4O2/c1-3-18-21-22-19(26-18)15-24(4-2)20(25)17-10-8-16(9-11-17)14-23-12-6-5-7-13-23/h8-11H,3-7,12-15H2,1-2H3. The van der Waals surface area contributed by atoms with Crippen molar-refractivity contribution in [2.24, 2.45) is 0 Å². The number of carbonyl (C=O) groups excluding carboxylic acids is 1. The lowest BCUT2D eigenvalue weighted by Gasteiger charge is -2.26. The molecular weight excluding hydrogens is 328 g/mol. The van der Waals surface area contributed by atoms with Crippen LogP contribution in [0.2, 0.25) is 0 Å². The highest BCUT2D eigenvalue weighted by atomic mass is 16.4. The van der Waals surface area contributed by atoms with Crippen LogP contribution >= 0.6 is 0 Å². The Morgan fingerprint density at radius 3 is 2.38 bits per heavy atom. The van der Waals surface area contributed by atoms with Gasteiger partial charge >= 0.3 is 0 Å². The predicted octanol–water partition coefficient (Wildman–Crippen LogP) is 3.28. The first-order valence-corrected chi connectivity index (χ1v) is 9.61. The molecule has 2 aromatic rings. The lowest BCUT2D eigenvalue weighted by Crippen LogP contribution is -2.30. The molecule has 1 aliphatic rings. The Morgan fingerprint density at radius 2 is 1.77 bits per heavy atom. The third-order valence-corrected chi connectivity index (χ3v) is 4.86. The number of carbonyl (C=O) groups is 1. The van der Waals surface area contributed by atoms with Crippen molar-refractivity contribution < 1.29 is 9.21 Å². The molecule has 26 heavy (non-hydrogen) atoms. The molecular formula is C20H28N4O2. The van der Waals surface area contributed by atoms with E-state index in [-0.39, 0.29) is 5.91 Å². The van der Waals surface area contributed by atoms with E-state index in [1.165, 1.54) is 37.9 Å². The van der Waals surface area contributed by atoms with Crippen molar-refractivity contribution in [1.82, 2.24) is 20.0 Å². The minimum atomic E-state index is -0.00623. The summed E-state index contributed by atoms with van der Waals surface area (Å²) in [5.41, 5.74) is 1.96. The van der Waals surface area contributed by atoms with Gasteiger partial charge in [-0.1, -0.05) is 25.5 Å². The van der Waals surface area contributed by atoms with E-state index in [0.717, 1.165) is 6.54 Å². The van der Waals surface area contributed by atoms with Crippen LogP contribution in [0.3, 0.4) is 0 Å². The summed E-state index contributed by atoms with van der Waals surface area (Å²) in [6.45, 7) is 8.18. The highest BCUT2D eigenvalue weighted by Crippen LogP contribution is 2.15. The van der Waals surface area contributed by atoms with Gasteiger partial charge in [0.15, 0.2) is 0 Å². The monoisotopic (exact) mass is 356 g/mol. The molecule has 140 valence electrons. The van der Waals surface area contributed by atoms with Crippen molar-refractivity contribution in [3.05, 3.63) is 47.2 Å². The normalized spacial score (nSPS) is 15.2. The first kappa shape index (κ1) is 18.6. The molecule has 6 heteroatoms. The van der Waals surface area contributed by atoms with Crippen molar-refractivity contribution in [2.45, 2.75) is 52.6 Å². The van der Waals surface area contributed by atoms with Gasteiger partial charge in [-0.15, -0.1) is 10.2 Å². The van der Waals surface area contributed by atoms with E-state index in [4.69, 9.17) is 4.42 Å². The molecule has 0 bridgehead atoms. The summed E-state index contributed by atoms with van der Waals surface area (Å²) in [5.74, 6) is 1.08. The summed E-state index contributed by atoms with van der Waals surface area (Å²) in [6, 6.07) is 7.99. The maximum absolute atomic E-state index is 12.8. The number of benzene rings is 1. The number of rotatable bonds is 7. The molecule has 1 aromatic carbocycles. The molecule has 6 nitrogen and oxygen atoms in total. The van der Waals surface area contributed by atoms with E-state index < -0.39 is 0 Å². The van der Waals surface area contributed by atoms with Gasteiger partial charge in [0.1, 0.15) is 0 Å². The summed E-state index contributed by atoms with van der Waals surface area (Å²) >= 11 is 0. The van der Waals surface area contributed by atoms with Crippen molar-refractivity contribution in [1.29, 1.82) is 0 Å². The molecule has 1 saturated heterocycles. The van der Waals surface area contributed by atoms with E-state index in [0.29, 0.717) is 36.9 Å². The summed E-state index contributed by atoms with van der Waals surface area (Å²) in [6.07, 6.45) is 4.62. The molecule has 0 atom stereocenters. The van der Waals surface area contributed by atoms with Gasteiger partial charge in [0.25, 0.3) is 5.91 Å². The second kappa shape index (κ2) is 8.94. The molecule has 3 rings (SSSR count). The molecule has 0 N–H and O–H groups in total. The lowest BCUT2D eigenvalue weighted by atomic mass is 10.1. The molecule has 0 spiro atoms. The molecule has 1 aliphatic heterocycles. The zero-order valence-electron chi connectivity index (χ0n) is 15.8. The zero-order valence-corrected chi connectivity index (χ0v) is 15.8. The maximum Gasteiger partial charge on any atom is 0.254 e. The number of likely N-dealkylation sites (tertiary alicyclic amines) is 1. The van der Waals surface area contributed by atoms with Gasteiger partial charge in [-0.2, -0.15) is 0 Å². The Labute approximate surface area is 155 Å². The van der Waals surface area contributed by atoms with E-state index >= 15 is 0 Å². The van der Waals surface area contributed by atoms with Gasteiger partial charge in [0.05, 0.1) is 6.54 Å². The van der Waals surface area contributed by atoms with Crippen molar-refractivity contribution >= 4 is 5.91 Å². The Morgan fingerprint density at radius 1 is 1.08 bits per heavy atom. The van der Waals surface area contributed by atoms with Crippen LogP contribution in [-0.4, -0.2) is 45.5 Å². The Kier molecular flexibility index (Phi) is 6.39. The quantitative estimate of drug-likeness (QED) is 0.762. The van der Waals surface area contributed by atoms with Crippen molar-refractivity contribution in [2.75, 3.05) is 19.6 Å². The molecule has 1 amide bonds. The number of aryl methyl sites for hydroxylation is 1. The van der Waals surface area contributed by atoms with Crippen LogP contribution in [0.15, 0.2) is 28.7 Å². The first-order valence-electron chi connectivity index (χ1n) is 9.61. The average Bonchev–Trinajstić information content (AvgIpc) is 3.15. The van der Waals surface area contributed by atoms with E-state index in [9.17, 15) is 4.79 Å². The minimum absolute atomic E-state index is 0.00623. The first-order chi connectivity index (χ1) is 12.7. The highest BCUT2D eigenvalue weighted by molar-refractivity contribution is 5.94. The number of hydrogen-bond donors (Lipinski definition) is 0. The number of amides is 1. The van der Waals surface area contributed by atoms with Crippen LogP contribution in [0, 0.1) is 0 Å². The second-order valence-corrected chi connectivity index (χ2v) is 6.80. The lowest BCUT2D eigenvalue weighted by molar-refractivity contribution is 0.0737. The Hall–Kier alpha value is -2.21. The number of piperidine rings is 1. The van der Waals surface area contributed by atoms with E-state index in [1.807, 2.05) is 26.0 Å². The van der Waals surface area contributed by atoms with Crippen molar-refractivity contribution in [3.63, 3.8) is 0 Å². The topological polar surface area (TPSA) is 62.5 Å². The summed E-state index contributed by atoms with van der Waals surface area (Å²) in [5, 5.41) is 7.98. The number of aromatic nitrogens is 2. The molecule has 0 saturated carbocycles. The molecule has 0 aliphatic carbocycles. The van der Waals surface area contributed by atoms with Crippen LogP contribution in [0.25, 0.3) is 0 Å². The fraction of sp³-hybridized carbons (Fsp3) is 0.550. The van der Waals surface area contributed by atoms with Gasteiger partial charge in [-0.25, -0.2) is 0 Å². The Balaban J connectivity index is 1.61. The number of hydrogen-bond acceptors (Lipinski definition) is 5. The van der Waals surface area contributed by atoms with Crippen LogP contribution in [0.5, 0.6) is 0 Å². The van der Waals surface area contributed by atoms with Crippen LogP contribution < -0.4 is 0 Å². The summed E-state index contributed by atoms with van der Waals surface area (Å²) in [4.78, 5) is 17.0. The largest absolute Gasteiger partial charge is 0.423 e. The minimum Gasteiger partial charge on any atom is -0.423 e.